The maximum absolute atomic E-state index is 11.4. The summed E-state index contributed by atoms with van der Waals surface area (Å²) in [6, 6.07) is 2.31. The molecule has 1 atom stereocenters. The largest absolute Gasteiger partial charge is 0.311 e. The molecular formula is C12H19BrN2O2S2. The van der Waals surface area contributed by atoms with E-state index < -0.39 is 9.84 Å². The molecule has 108 valence electrons. The van der Waals surface area contributed by atoms with Crippen LogP contribution in [0.1, 0.15) is 11.3 Å². The zero-order valence-electron chi connectivity index (χ0n) is 10.9. The van der Waals surface area contributed by atoms with Crippen LogP contribution in [0.3, 0.4) is 0 Å². The zero-order chi connectivity index (χ0) is 13.9. The van der Waals surface area contributed by atoms with Gasteiger partial charge in [0.25, 0.3) is 0 Å². The van der Waals surface area contributed by atoms with Crippen LogP contribution < -0.4 is 5.32 Å². The standard InChI is InChI=1S/C12H19BrN2O2S2/c1-15(11-2-5-19(16,17)9-11)4-3-14-7-12-6-10(13)8-18-12/h6,8,11,14H,2-5,7,9H2,1H3. The van der Waals surface area contributed by atoms with E-state index in [4.69, 9.17) is 0 Å². The van der Waals surface area contributed by atoms with Crippen molar-refractivity contribution in [3.8, 4) is 0 Å². The van der Waals surface area contributed by atoms with Crippen molar-refractivity contribution < 1.29 is 8.42 Å². The van der Waals surface area contributed by atoms with Gasteiger partial charge in [0.1, 0.15) is 0 Å². The number of rotatable bonds is 6. The molecule has 0 aromatic carbocycles. The Bertz CT molecular complexity index is 516. The lowest BCUT2D eigenvalue weighted by atomic mass is 10.2. The lowest BCUT2D eigenvalue weighted by molar-refractivity contribution is 0.261. The fourth-order valence-corrected chi connectivity index (χ4v) is 5.44. The summed E-state index contributed by atoms with van der Waals surface area (Å²) in [6.07, 6.45) is 0.775. The van der Waals surface area contributed by atoms with E-state index in [1.165, 1.54) is 4.88 Å². The molecule has 2 rings (SSSR count). The highest BCUT2D eigenvalue weighted by molar-refractivity contribution is 9.10. The van der Waals surface area contributed by atoms with Crippen LogP contribution in [0.25, 0.3) is 0 Å². The van der Waals surface area contributed by atoms with Crippen LogP contribution in [0.5, 0.6) is 0 Å². The molecule has 1 aromatic rings. The minimum atomic E-state index is -2.78. The fourth-order valence-electron chi connectivity index (χ4n) is 2.22. The summed E-state index contributed by atoms with van der Waals surface area (Å²) in [4.78, 5) is 3.46. The molecule has 1 aliphatic heterocycles. The highest BCUT2D eigenvalue weighted by Crippen LogP contribution is 2.19. The van der Waals surface area contributed by atoms with Gasteiger partial charge in [-0.05, 0) is 35.5 Å². The van der Waals surface area contributed by atoms with Crippen molar-refractivity contribution in [1.29, 1.82) is 0 Å². The maximum atomic E-state index is 11.4. The maximum Gasteiger partial charge on any atom is 0.151 e. The molecule has 1 fully saturated rings. The van der Waals surface area contributed by atoms with Crippen molar-refractivity contribution in [3.05, 3.63) is 20.8 Å². The Morgan fingerprint density at radius 3 is 2.95 bits per heavy atom. The first-order valence-electron chi connectivity index (χ1n) is 6.30. The topological polar surface area (TPSA) is 49.4 Å². The molecule has 7 heteroatoms. The number of nitrogens with one attached hydrogen (secondary N) is 1. The second-order valence-corrected chi connectivity index (χ2v) is 9.09. The Morgan fingerprint density at radius 2 is 2.37 bits per heavy atom. The number of likely N-dealkylation sites (N-methyl/N-ethyl adjacent to an activating group) is 1. The Balaban J connectivity index is 1.66. The summed E-state index contributed by atoms with van der Waals surface area (Å²) in [5.74, 6) is 0.667. The van der Waals surface area contributed by atoms with Gasteiger partial charge in [-0.2, -0.15) is 0 Å². The van der Waals surface area contributed by atoms with Crippen molar-refractivity contribution in [2.24, 2.45) is 0 Å². The molecule has 0 saturated carbocycles. The van der Waals surface area contributed by atoms with Crippen molar-refractivity contribution in [2.45, 2.75) is 19.0 Å². The van der Waals surface area contributed by atoms with Crippen LogP contribution >= 0.6 is 27.3 Å². The first kappa shape index (κ1) is 15.4. The van der Waals surface area contributed by atoms with Gasteiger partial charge in [-0.15, -0.1) is 11.3 Å². The number of halogens is 1. The van der Waals surface area contributed by atoms with Crippen molar-refractivity contribution >= 4 is 37.1 Å². The molecule has 0 radical (unpaired) electrons. The predicted molar refractivity (Wildman–Crippen MR) is 83.4 cm³/mol. The highest BCUT2D eigenvalue weighted by atomic mass is 79.9. The third kappa shape index (κ3) is 4.82. The molecule has 1 aromatic heterocycles. The van der Waals surface area contributed by atoms with Crippen LogP contribution in [-0.2, 0) is 16.4 Å². The van der Waals surface area contributed by atoms with Crippen molar-refractivity contribution in [2.75, 3.05) is 31.6 Å². The molecule has 4 nitrogen and oxygen atoms in total. The van der Waals surface area contributed by atoms with Gasteiger partial charge in [-0.25, -0.2) is 8.42 Å². The summed E-state index contributed by atoms with van der Waals surface area (Å²) in [5, 5.41) is 5.46. The van der Waals surface area contributed by atoms with Crippen LogP contribution in [0.15, 0.2) is 15.9 Å². The van der Waals surface area contributed by atoms with E-state index in [9.17, 15) is 8.42 Å². The molecule has 1 unspecified atom stereocenters. The number of nitrogens with zero attached hydrogens (tertiary/aromatic N) is 1. The molecule has 0 bridgehead atoms. The molecular weight excluding hydrogens is 348 g/mol. The van der Waals surface area contributed by atoms with E-state index in [1.807, 2.05) is 7.05 Å². The number of sulfone groups is 1. The summed E-state index contributed by atoms with van der Waals surface area (Å²) in [6.45, 7) is 2.63. The van der Waals surface area contributed by atoms with Gasteiger partial charge in [0, 0.05) is 40.4 Å². The first-order valence-corrected chi connectivity index (χ1v) is 9.80. The third-order valence-corrected chi connectivity index (χ3v) is 6.84. The lowest BCUT2D eigenvalue weighted by Gasteiger charge is -2.22. The van der Waals surface area contributed by atoms with E-state index in [0.717, 1.165) is 30.5 Å². The van der Waals surface area contributed by atoms with Gasteiger partial charge in [-0.1, -0.05) is 0 Å². The smallest absolute Gasteiger partial charge is 0.151 e. The van der Waals surface area contributed by atoms with Gasteiger partial charge in [0.15, 0.2) is 9.84 Å². The number of thiophene rings is 1. The Morgan fingerprint density at radius 1 is 1.58 bits per heavy atom. The Hall–Kier alpha value is 0.0500. The minimum absolute atomic E-state index is 0.197. The van der Waals surface area contributed by atoms with Gasteiger partial charge in [0.2, 0.25) is 0 Å². The number of hydrogen-bond acceptors (Lipinski definition) is 5. The molecule has 0 spiro atoms. The molecule has 2 heterocycles. The molecule has 1 saturated heterocycles. The van der Waals surface area contributed by atoms with E-state index in [0.29, 0.717) is 11.5 Å². The molecule has 19 heavy (non-hydrogen) atoms. The van der Waals surface area contributed by atoms with Crippen molar-refractivity contribution in [1.82, 2.24) is 10.2 Å². The quantitative estimate of drug-likeness (QED) is 0.778. The predicted octanol–water partition coefficient (Wildman–Crippen LogP) is 1.72. The minimum Gasteiger partial charge on any atom is -0.311 e. The van der Waals surface area contributed by atoms with E-state index >= 15 is 0 Å². The van der Waals surface area contributed by atoms with Gasteiger partial charge in [0.05, 0.1) is 11.5 Å². The second kappa shape index (κ2) is 6.67. The Kier molecular flexibility index (Phi) is 5.42. The van der Waals surface area contributed by atoms with E-state index in [2.05, 4.69) is 37.6 Å². The van der Waals surface area contributed by atoms with Crippen LogP contribution in [0.4, 0.5) is 0 Å². The molecule has 1 aliphatic rings. The average Bonchev–Trinajstić information content (AvgIpc) is 2.90. The molecule has 0 aliphatic carbocycles. The Labute approximate surface area is 127 Å². The first-order chi connectivity index (χ1) is 8.96. The summed E-state index contributed by atoms with van der Waals surface area (Å²) >= 11 is 5.17. The van der Waals surface area contributed by atoms with Crippen LogP contribution in [0.2, 0.25) is 0 Å². The lowest BCUT2D eigenvalue weighted by Crippen LogP contribution is -2.37. The average molecular weight is 367 g/mol. The van der Waals surface area contributed by atoms with Gasteiger partial charge < -0.3 is 10.2 Å². The molecule has 1 N–H and O–H groups in total. The number of hydrogen-bond donors (Lipinski definition) is 1. The zero-order valence-corrected chi connectivity index (χ0v) is 14.2. The highest BCUT2D eigenvalue weighted by Gasteiger charge is 2.30. The summed E-state index contributed by atoms with van der Waals surface area (Å²) in [7, 11) is -0.768. The van der Waals surface area contributed by atoms with Crippen molar-refractivity contribution in [3.63, 3.8) is 0 Å². The monoisotopic (exact) mass is 366 g/mol. The van der Waals surface area contributed by atoms with E-state index in [-0.39, 0.29) is 6.04 Å². The van der Waals surface area contributed by atoms with E-state index in [1.54, 1.807) is 11.3 Å². The third-order valence-electron chi connectivity index (χ3n) is 3.39. The van der Waals surface area contributed by atoms with Gasteiger partial charge in [-0.3, -0.25) is 0 Å². The van der Waals surface area contributed by atoms with Gasteiger partial charge >= 0.3 is 0 Å². The molecule has 0 amide bonds. The SMILES string of the molecule is CN(CCNCc1cc(Br)cs1)C1CCS(=O)(=O)C1. The van der Waals surface area contributed by atoms with Crippen LogP contribution in [-0.4, -0.2) is 51.0 Å². The van der Waals surface area contributed by atoms with Crippen LogP contribution in [0, 0.1) is 0 Å². The normalized spacial score (nSPS) is 22.2. The fraction of sp³-hybridized carbons (Fsp3) is 0.667. The second-order valence-electron chi connectivity index (χ2n) is 4.95. The summed E-state index contributed by atoms with van der Waals surface area (Å²) < 4.78 is 24.0. The summed E-state index contributed by atoms with van der Waals surface area (Å²) in [5.41, 5.74) is 0.